The van der Waals surface area contributed by atoms with Crippen molar-refractivity contribution < 1.29 is 9.59 Å². The highest BCUT2D eigenvalue weighted by molar-refractivity contribution is 6.04. The monoisotopic (exact) mass is 307 g/mol. The van der Waals surface area contributed by atoms with E-state index < -0.39 is 0 Å². The van der Waals surface area contributed by atoms with E-state index in [0.29, 0.717) is 17.7 Å². The normalized spacial score (nSPS) is 13.3. The first kappa shape index (κ1) is 15.5. The molecule has 2 aromatic rings. The number of hydrogen-bond acceptors (Lipinski definition) is 2. The predicted molar refractivity (Wildman–Crippen MR) is 91.9 cm³/mol. The van der Waals surface area contributed by atoms with E-state index in [0.717, 1.165) is 18.4 Å². The van der Waals surface area contributed by atoms with Crippen LogP contribution in [0, 0.1) is 0 Å². The molecule has 0 saturated heterocycles. The Labute approximate surface area is 136 Å². The molecule has 0 heterocycles. The molecule has 23 heavy (non-hydrogen) atoms. The summed E-state index contributed by atoms with van der Waals surface area (Å²) in [5.74, 6) is -0.135. The molecule has 1 N–H and O–H groups in total. The molecule has 0 aliphatic heterocycles. The highest BCUT2D eigenvalue weighted by Crippen LogP contribution is 2.23. The molecule has 0 radical (unpaired) electrons. The lowest BCUT2D eigenvalue weighted by molar-refractivity contribution is -0.115. The zero-order chi connectivity index (χ0) is 16.2. The van der Waals surface area contributed by atoms with Crippen molar-refractivity contribution in [1.29, 1.82) is 0 Å². The fourth-order valence-corrected chi connectivity index (χ4v) is 3.18. The average Bonchev–Trinajstić information content (AvgIpc) is 2.55. The number of anilines is 1. The van der Waals surface area contributed by atoms with E-state index in [9.17, 15) is 9.59 Å². The maximum Gasteiger partial charge on any atom is 0.228 e. The van der Waals surface area contributed by atoms with Crippen molar-refractivity contribution >= 4 is 17.4 Å². The lowest BCUT2D eigenvalue weighted by atomic mass is 9.90. The summed E-state index contributed by atoms with van der Waals surface area (Å²) in [5.41, 5.74) is 4.96. The summed E-state index contributed by atoms with van der Waals surface area (Å²) in [7, 11) is 0. The van der Waals surface area contributed by atoms with Crippen LogP contribution in [-0.2, 0) is 24.1 Å². The van der Waals surface area contributed by atoms with Crippen molar-refractivity contribution in [2.75, 3.05) is 5.32 Å². The van der Waals surface area contributed by atoms with Crippen LogP contribution in [0.15, 0.2) is 42.5 Å². The van der Waals surface area contributed by atoms with Crippen LogP contribution in [0.25, 0.3) is 0 Å². The molecular formula is C20H21NO2. The predicted octanol–water partition coefficient (Wildman–Crippen LogP) is 3.95. The molecule has 0 saturated carbocycles. The number of carbonyl (C=O) groups excluding carboxylic acids is 2. The van der Waals surface area contributed by atoms with Crippen LogP contribution in [0.4, 0.5) is 5.69 Å². The Balaban J connectivity index is 1.72. The van der Waals surface area contributed by atoms with Crippen molar-refractivity contribution in [3.63, 3.8) is 0 Å². The molecule has 3 nitrogen and oxygen atoms in total. The van der Waals surface area contributed by atoms with E-state index in [1.165, 1.54) is 30.9 Å². The van der Waals surface area contributed by atoms with Crippen LogP contribution < -0.4 is 5.32 Å². The third kappa shape index (κ3) is 3.67. The molecule has 3 rings (SSSR count). The standard InChI is InChI=1S/C20H21NO2/c1-14(22)18-8-4-5-9-19(18)21-20(23)13-15-10-11-16-6-2-3-7-17(16)12-15/h4-5,8-12H,2-3,6-7,13H2,1H3,(H,21,23). The minimum Gasteiger partial charge on any atom is -0.325 e. The maximum atomic E-state index is 12.3. The summed E-state index contributed by atoms with van der Waals surface area (Å²) < 4.78 is 0. The molecule has 0 spiro atoms. The van der Waals surface area contributed by atoms with Gasteiger partial charge in [-0.15, -0.1) is 0 Å². The van der Waals surface area contributed by atoms with Crippen LogP contribution >= 0.6 is 0 Å². The Morgan fingerprint density at radius 1 is 1.00 bits per heavy atom. The molecule has 118 valence electrons. The topological polar surface area (TPSA) is 46.2 Å². The molecule has 0 unspecified atom stereocenters. The van der Waals surface area contributed by atoms with Crippen LogP contribution in [0.1, 0.15) is 46.8 Å². The van der Waals surface area contributed by atoms with Gasteiger partial charge in [0.1, 0.15) is 0 Å². The zero-order valence-electron chi connectivity index (χ0n) is 13.4. The van der Waals surface area contributed by atoms with Gasteiger partial charge in [0, 0.05) is 5.56 Å². The Kier molecular flexibility index (Phi) is 4.56. The number of hydrogen-bond donors (Lipinski definition) is 1. The second-order valence-corrected chi connectivity index (χ2v) is 6.14. The summed E-state index contributed by atoms with van der Waals surface area (Å²) >= 11 is 0. The highest BCUT2D eigenvalue weighted by Gasteiger charge is 2.13. The molecule has 0 atom stereocenters. The van der Waals surface area contributed by atoms with Crippen LogP contribution in [-0.4, -0.2) is 11.7 Å². The van der Waals surface area contributed by atoms with Crippen molar-refractivity contribution in [3.8, 4) is 0 Å². The number of ketones is 1. The fourth-order valence-electron chi connectivity index (χ4n) is 3.18. The summed E-state index contributed by atoms with van der Waals surface area (Å²) in [5, 5.41) is 2.86. The van der Waals surface area contributed by atoms with Crippen molar-refractivity contribution in [1.82, 2.24) is 0 Å². The van der Waals surface area contributed by atoms with Gasteiger partial charge < -0.3 is 5.32 Å². The average molecular weight is 307 g/mol. The van der Waals surface area contributed by atoms with Crippen molar-refractivity contribution in [2.24, 2.45) is 0 Å². The number of para-hydroxylation sites is 1. The number of nitrogens with one attached hydrogen (secondary N) is 1. The number of fused-ring (bicyclic) bond motifs is 1. The number of carbonyl (C=O) groups is 2. The van der Waals surface area contributed by atoms with Crippen LogP contribution in [0.2, 0.25) is 0 Å². The molecule has 0 aromatic heterocycles. The smallest absolute Gasteiger partial charge is 0.228 e. The lowest BCUT2D eigenvalue weighted by Gasteiger charge is -2.16. The molecule has 1 aliphatic carbocycles. The quantitative estimate of drug-likeness (QED) is 0.869. The van der Waals surface area contributed by atoms with E-state index in [1.54, 1.807) is 18.2 Å². The Morgan fingerprint density at radius 2 is 1.74 bits per heavy atom. The second kappa shape index (κ2) is 6.78. The molecule has 3 heteroatoms. The van der Waals surface area contributed by atoms with Crippen molar-refractivity contribution in [2.45, 2.75) is 39.0 Å². The highest BCUT2D eigenvalue weighted by atomic mass is 16.1. The molecule has 0 fully saturated rings. The van der Waals surface area contributed by atoms with Gasteiger partial charge in [0.25, 0.3) is 0 Å². The van der Waals surface area contributed by atoms with Gasteiger partial charge in [-0.3, -0.25) is 9.59 Å². The van der Waals surface area contributed by atoms with Gasteiger partial charge in [0.2, 0.25) is 5.91 Å². The number of rotatable bonds is 4. The summed E-state index contributed by atoms with van der Waals surface area (Å²) in [6.07, 6.45) is 5.08. The Bertz CT molecular complexity index is 749. The minimum atomic E-state index is -0.0885. The molecule has 1 aliphatic rings. The summed E-state index contributed by atoms with van der Waals surface area (Å²) in [6.45, 7) is 1.51. The van der Waals surface area contributed by atoms with Gasteiger partial charge in [-0.25, -0.2) is 0 Å². The summed E-state index contributed by atoms with van der Waals surface area (Å²) in [6, 6.07) is 13.5. The van der Waals surface area contributed by atoms with Gasteiger partial charge in [-0.1, -0.05) is 30.3 Å². The molecule has 0 bridgehead atoms. The SMILES string of the molecule is CC(=O)c1ccccc1NC(=O)Cc1ccc2c(c1)CCCC2. The Morgan fingerprint density at radius 3 is 2.52 bits per heavy atom. The van der Waals surface area contributed by atoms with Gasteiger partial charge in [0.15, 0.2) is 5.78 Å². The molecule has 2 aromatic carbocycles. The Hall–Kier alpha value is -2.42. The van der Waals surface area contributed by atoms with E-state index in [1.807, 2.05) is 12.1 Å². The van der Waals surface area contributed by atoms with Crippen LogP contribution in [0.3, 0.4) is 0 Å². The third-order valence-electron chi connectivity index (χ3n) is 4.36. The number of amides is 1. The first-order valence-corrected chi connectivity index (χ1v) is 8.14. The van der Waals surface area contributed by atoms with Gasteiger partial charge in [0.05, 0.1) is 12.1 Å². The maximum absolute atomic E-state index is 12.3. The molecule has 1 amide bonds. The lowest BCUT2D eigenvalue weighted by Crippen LogP contribution is -2.16. The van der Waals surface area contributed by atoms with E-state index in [-0.39, 0.29) is 11.7 Å². The van der Waals surface area contributed by atoms with E-state index in [2.05, 4.69) is 17.4 Å². The first-order chi connectivity index (χ1) is 11.1. The first-order valence-electron chi connectivity index (χ1n) is 8.14. The molecular weight excluding hydrogens is 286 g/mol. The van der Waals surface area contributed by atoms with Gasteiger partial charge in [-0.05, 0) is 61.4 Å². The summed E-state index contributed by atoms with van der Waals surface area (Å²) in [4.78, 5) is 23.9. The van der Waals surface area contributed by atoms with E-state index >= 15 is 0 Å². The number of Topliss-reactive ketones (excluding diaryl/α,β-unsaturated/α-hetero) is 1. The van der Waals surface area contributed by atoms with E-state index in [4.69, 9.17) is 0 Å². The van der Waals surface area contributed by atoms with Gasteiger partial charge >= 0.3 is 0 Å². The minimum absolute atomic E-state index is 0.0466. The number of aryl methyl sites for hydroxylation is 2. The van der Waals surface area contributed by atoms with Crippen molar-refractivity contribution in [3.05, 3.63) is 64.7 Å². The fraction of sp³-hybridized carbons (Fsp3) is 0.300. The largest absolute Gasteiger partial charge is 0.325 e. The zero-order valence-corrected chi connectivity index (χ0v) is 13.4. The third-order valence-corrected chi connectivity index (χ3v) is 4.36. The van der Waals surface area contributed by atoms with Gasteiger partial charge in [-0.2, -0.15) is 0 Å². The number of benzene rings is 2. The second-order valence-electron chi connectivity index (χ2n) is 6.14. The van der Waals surface area contributed by atoms with Crippen LogP contribution in [0.5, 0.6) is 0 Å².